The SMILES string of the molecule is C=C1C2(C)CC/C(=C\C=CC(=O)NC)CC12C.CC#N. The lowest BCUT2D eigenvalue weighted by Gasteiger charge is -2.25. The third kappa shape index (κ3) is 2.85. The topological polar surface area (TPSA) is 52.9 Å². The molecule has 2 unspecified atom stereocenters. The Balaban J connectivity index is 0.000000612. The number of nitriles is 1. The molecule has 108 valence electrons. The van der Waals surface area contributed by atoms with Crippen LogP contribution in [0.25, 0.3) is 0 Å². The highest BCUT2D eigenvalue weighted by atomic mass is 16.1. The van der Waals surface area contributed by atoms with Gasteiger partial charge in [0.15, 0.2) is 0 Å². The number of hydrogen-bond donors (Lipinski definition) is 1. The minimum atomic E-state index is -0.0514. The summed E-state index contributed by atoms with van der Waals surface area (Å²) in [4.78, 5) is 11.1. The summed E-state index contributed by atoms with van der Waals surface area (Å²) in [6.07, 6.45) is 8.94. The molecule has 2 rings (SSSR count). The molecule has 1 N–H and O–H groups in total. The summed E-state index contributed by atoms with van der Waals surface area (Å²) in [7, 11) is 1.64. The van der Waals surface area contributed by atoms with Crippen LogP contribution in [0.1, 0.15) is 40.0 Å². The summed E-state index contributed by atoms with van der Waals surface area (Å²) in [6, 6.07) is 1.75. The van der Waals surface area contributed by atoms with Crippen molar-refractivity contribution in [1.82, 2.24) is 5.32 Å². The normalized spacial score (nSPS) is 33.0. The Hall–Kier alpha value is -1.82. The Kier molecular flexibility index (Phi) is 4.94. The van der Waals surface area contributed by atoms with E-state index < -0.39 is 0 Å². The van der Waals surface area contributed by atoms with E-state index in [4.69, 9.17) is 5.26 Å². The molecule has 0 bridgehead atoms. The van der Waals surface area contributed by atoms with Crippen LogP contribution in [0.5, 0.6) is 0 Å². The third-order valence-corrected chi connectivity index (χ3v) is 4.84. The predicted octanol–water partition coefficient (Wildman–Crippen LogP) is 3.51. The molecule has 2 fully saturated rings. The first-order valence-electron chi connectivity index (χ1n) is 6.94. The van der Waals surface area contributed by atoms with E-state index in [1.807, 2.05) is 6.08 Å². The van der Waals surface area contributed by atoms with Gasteiger partial charge in [0.05, 0.1) is 6.07 Å². The molecule has 3 nitrogen and oxygen atoms in total. The molecule has 0 aromatic carbocycles. The highest BCUT2D eigenvalue weighted by Gasteiger charge is 2.65. The fourth-order valence-electron chi connectivity index (χ4n) is 3.10. The van der Waals surface area contributed by atoms with Crippen LogP contribution >= 0.6 is 0 Å². The lowest BCUT2D eigenvalue weighted by Crippen LogP contribution is -2.15. The van der Waals surface area contributed by atoms with Crippen molar-refractivity contribution in [3.63, 3.8) is 0 Å². The first kappa shape index (κ1) is 16.2. The summed E-state index contributed by atoms with van der Waals surface area (Å²) in [5.41, 5.74) is 3.51. The maximum atomic E-state index is 11.1. The van der Waals surface area contributed by atoms with Gasteiger partial charge in [0, 0.05) is 25.5 Å². The van der Waals surface area contributed by atoms with Crippen LogP contribution in [-0.4, -0.2) is 13.0 Å². The van der Waals surface area contributed by atoms with E-state index in [1.165, 1.54) is 24.5 Å². The number of amides is 1. The smallest absolute Gasteiger partial charge is 0.243 e. The minimum absolute atomic E-state index is 0.0514. The fourth-order valence-corrected chi connectivity index (χ4v) is 3.10. The maximum absolute atomic E-state index is 11.1. The van der Waals surface area contributed by atoms with Crippen LogP contribution in [-0.2, 0) is 4.79 Å². The number of likely N-dealkylation sites (N-methyl/N-ethyl adjacent to an activating group) is 1. The summed E-state index contributed by atoms with van der Waals surface area (Å²) in [5, 5.41) is 9.89. The molecule has 0 heterocycles. The first-order chi connectivity index (χ1) is 9.35. The fraction of sp³-hybridized carbons (Fsp3) is 0.529. The third-order valence-electron chi connectivity index (χ3n) is 4.84. The number of carbonyl (C=O) groups is 1. The lowest BCUT2D eigenvalue weighted by atomic mass is 9.79. The van der Waals surface area contributed by atoms with Gasteiger partial charge in [-0.2, -0.15) is 5.26 Å². The van der Waals surface area contributed by atoms with E-state index in [2.05, 4.69) is 31.8 Å². The molecule has 2 aliphatic carbocycles. The van der Waals surface area contributed by atoms with Crippen LogP contribution < -0.4 is 5.32 Å². The van der Waals surface area contributed by atoms with Crippen molar-refractivity contribution in [1.29, 1.82) is 5.26 Å². The molecule has 0 spiro atoms. The Morgan fingerprint density at radius 1 is 1.45 bits per heavy atom. The monoisotopic (exact) mass is 272 g/mol. The maximum Gasteiger partial charge on any atom is 0.243 e. The van der Waals surface area contributed by atoms with Crippen molar-refractivity contribution < 1.29 is 4.79 Å². The number of nitrogens with zero attached hydrogens (tertiary/aromatic N) is 1. The highest BCUT2D eigenvalue weighted by Crippen LogP contribution is 2.75. The molecule has 20 heavy (non-hydrogen) atoms. The number of nitrogens with one attached hydrogen (secondary N) is 1. The summed E-state index contributed by atoms with van der Waals surface area (Å²) < 4.78 is 0. The molecule has 2 aliphatic rings. The molecule has 0 aromatic heterocycles. The zero-order chi connectivity index (χ0) is 15.4. The Morgan fingerprint density at radius 3 is 2.55 bits per heavy atom. The van der Waals surface area contributed by atoms with Gasteiger partial charge in [0.1, 0.15) is 0 Å². The molecule has 0 aliphatic heterocycles. The van der Waals surface area contributed by atoms with Gasteiger partial charge in [-0.3, -0.25) is 4.79 Å². The van der Waals surface area contributed by atoms with E-state index in [1.54, 1.807) is 19.2 Å². The molecule has 1 amide bonds. The van der Waals surface area contributed by atoms with E-state index in [0.29, 0.717) is 10.8 Å². The van der Waals surface area contributed by atoms with Crippen molar-refractivity contribution in [2.45, 2.75) is 40.0 Å². The molecule has 2 atom stereocenters. The largest absolute Gasteiger partial charge is 0.356 e. The number of rotatable bonds is 2. The zero-order valence-corrected chi connectivity index (χ0v) is 12.9. The van der Waals surface area contributed by atoms with Crippen LogP contribution in [0.3, 0.4) is 0 Å². The van der Waals surface area contributed by atoms with Gasteiger partial charge < -0.3 is 5.32 Å². The molecule has 0 aromatic rings. The van der Waals surface area contributed by atoms with Gasteiger partial charge in [-0.05, 0) is 24.7 Å². The van der Waals surface area contributed by atoms with Gasteiger partial charge in [0.2, 0.25) is 5.91 Å². The molecule has 3 heteroatoms. The van der Waals surface area contributed by atoms with Gasteiger partial charge in [-0.1, -0.05) is 43.7 Å². The average molecular weight is 272 g/mol. The summed E-state index contributed by atoms with van der Waals surface area (Å²) in [5.74, 6) is -0.0514. The standard InChI is InChI=1S/C15H21NO.C2H3N/c1-11-14(2)9-8-12(10-15(11,14)3)6-5-7-13(17)16-4;1-2-3/h5-7H,1,8-10H2,2-4H3,(H,16,17);1H3/b7-5?,12-6+;. The van der Waals surface area contributed by atoms with E-state index >= 15 is 0 Å². The van der Waals surface area contributed by atoms with E-state index in [-0.39, 0.29) is 5.91 Å². The van der Waals surface area contributed by atoms with Crippen LogP contribution in [0.4, 0.5) is 0 Å². The molecule has 0 saturated heterocycles. The molecular formula is C17H24N2O. The Bertz CT molecular complexity index is 510. The number of fused-ring (bicyclic) bond motifs is 1. The average Bonchev–Trinajstić information content (AvgIpc) is 2.85. The van der Waals surface area contributed by atoms with Crippen molar-refractivity contribution >= 4 is 5.91 Å². The van der Waals surface area contributed by atoms with Crippen LogP contribution in [0.2, 0.25) is 0 Å². The number of carbonyl (C=O) groups excluding carboxylic acids is 1. The van der Waals surface area contributed by atoms with Crippen molar-refractivity contribution in [3.8, 4) is 6.07 Å². The predicted molar refractivity (Wildman–Crippen MR) is 81.8 cm³/mol. The van der Waals surface area contributed by atoms with E-state index in [0.717, 1.165) is 12.8 Å². The second-order valence-corrected chi connectivity index (χ2v) is 5.84. The van der Waals surface area contributed by atoms with Crippen molar-refractivity contribution in [2.24, 2.45) is 10.8 Å². The Labute approximate surface area is 122 Å². The highest BCUT2D eigenvalue weighted by molar-refractivity contribution is 5.87. The number of hydrogen-bond acceptors (Lipinski definition) is 2. The van der Waals surface area contributed by atoms with Crippen LogP contribution in [0, 0.1) is 22.2 Å². The first-order valence-corrected chi connectivity index (χ1v) is 6.94. The van der Waals surface area contributed by atoms with Gasteiger partial charge in [0.25, 0.3) is 0 Å². The van der Waals surface area contributed by atoms with Crippen molar-refractivity contribution in [2.75, 3.05) is 7.05 Å². The minimum Gasteiger partial charge on any atom is -0.356 e. The summed E-state index contributed by atoms with van der Waals surface area (Å²) in [6.45, 7) is 10.3. The second kappa shape index (κ2) is 6.09. The van der Waals surface area contributed by atoms with E-state index in [9.17, 15) is 4.79 Å². The van der Waals surface area contributed by atoms with Crippen molar-refractivity contribution in [3.05, 3.63) is 36.0 Å². The van der Waals surface area contributed by atoms with Gasteiger partial charge in [-0.25, -0.2) is 0 Å². The van der Waals surface area contributed by atoms with Gasteiger partial charge >= 0.3 is 0 Å². The molecular weight excluding hydrogens is 248 g/mol. The Morgan fingerprint density at radius 2 is 2.05 bits per heavy atom. The zero-order valence-electron chi connectivity index (χ0n) is 12.9. The lowest BCUT2D eigenvalue weighted by molar-refractivity contribution is -0.116. The van der Waals surface area contributed by atoms with Crippen LogP contribution in [0.15, 0.2) is 36.0 Å². The number of allylic oxidation sites excluding steroid dienone is 4. The molecule has 2 saturated carbocycles. The quantitative estimate of drug-likeness (QED) is 0.617. The summed E-state index contributed by atoms with van der Waals surface area (Å²) >= 11 is 0. The van der Waals surface area contributed by atoms with Gasteiger partial charge in [-0.15, -0.1) is 0 Å². The molecule has 0 radical (unpaired) electrons. The second-order valence-electron chi connectivity index (χ2n) is 5.84.